The van der Waals surface area contributed by atoms with Crippen LogP contribution in [-0.2, 0) is 4.79 Å². The number of phenolic OH excluding ortho intramolecular Hbond substituents is 1. The Morgan fingerprint density at radius 1 is 1.56 bits per heavy atom. The maximum absolute atomic E-state index is 10.9. The summed E-state index contributed by atoms with van der Waals surface area (Å²) in [5.74, 6) is 0.438. The van der Waals surface area contributed by atoms with Gasteiger partial charge in [0.15, 0.2) is 5.17 Å². The number of halogens is 1. The molecule has 0 aromatic heterocycles. The van der Waals surface area contributed by atoms with Crippen molar-refractivity contribution in [2.45, 2.75) is 6.92 Å². The zero-order chi connectivity index (χ0) is 13.1. The molecule has 0 aliphatic carbocycles. The summed E-state index contributed by atoms with van der Waals surface area (Å²) in [4.78, 5) is 10.9. The molecule has 1 heterocycles. The monoisotopic (exact) mass is 327 g/mol. The number of amides is 1. The van der Waals surface area contributed by atoms with E-state index in [4.69, 9.17) is 0 Å². The lowest BCUT2D eigenvalue weighted by atomic mass is 10.1. The molecular weight excluding hydrogens is 318 g/mol. The van der Waals surface area contributed by atoms with Crippen molar-refractivity contribution in [1.82, 2.24) is 5.32 Å². The second kappa shape index (κ2) is 5.53. The van der Waals surface area contributed by atoms with Crippen LogP contribution >= 0.6 is 27.7 Å². The van der Waals surface area contributed by atoms with Gasteiger partial charge < -0.3 is 10.4 Å². The molecule has 1 aliphatic rings. The second-order valence-corrected chi connectivity index (χ2v) is 5.47. The normalized spacial score (nSPS) is 17.7. The lowest BCUT2D eigenvalue weighted by Gasteiger charge is -2.02. The molecular formula is C11H10BrN3O2S. The van der Waals surface area contributed by atoms with Gasteiger partial charge in [-0.15, -0.1) is 5.10 Å². The van der Waals surface area contributed by atoms with E-state index in [1.54, 1.807) is 12.1 Å². The number of rotatable bonds is 2. The van der Waals surface area contributed by atoms with Gasteiger partial charge in [0.2, 0.25) is 5.91 Å². The average molecular weight is 328 g/mol. The van der Waals surface area contributed by atoms with E-state index in [0.29, 0.717) is 16.5 Å². The number of hydrogen-bond acceptors (Lipinski definition) is 5. The molecule has 1 fully saturated rings. The van der Waals surface area contributed by atoms with Gasteiger partial charge in [0.25, 0.3) is 0 Å². The molecule has 7 heteroatoms. The van der Waals surface area contributed by atoms with E-state index in [1.807, 2.05) is 6.92 Å². The summed E-state index contributed by atoms with van der Waals surface area (Å²) >= 11 is 4.68. The highest BCUT2D eigenvalue weighted by Gasteiger charge is 2.15. The van der Waals surface area contributed by atoms with E-state index in [-0.39, 0.29) is 11.7 Å². The average Bonchev–Trinajstić information content (AvgIpc) is 2.71. The standard InChI is InChI=1S/C11H10BrN3O2S/c1-6-2-9(16)7(3-8(6)12)4-13-15-11-14-10(17)5-18-11/h2-4,16H,5H2,1H3,(H,14,15,17). The molecule has 0 unspecified atom stereocenters. The van der Waals surface area contributed by atoms with Gasteiger partial charge in [0.1, 0.15) is 5.75 Å². The minimum Gasteiger partial charge on any atom is -0.507 e. The molecule has 5 nitrogen and oxygen atoms in total. The van der Waals surface area contributed by atoms with Crippen LogP contribution in [0, 0.1) is 6.92 Å². The minimum atomic E-state index is -0.0742. The van der Waals surface area contributed by atoms with E-state index < -0.39 is 0 Å². The maximum atomic E-state index is 10.9. The number of hydrogen-bond donors (Lipinski definition) is 2. The van der Waals surface area contributed by atoms with Crippen LogP contribution in [0.25, 0.3) is 0 Å². The maximum Gasteiger partial charge on any atom is 0.236 e. The Kier molecular flexibility index (Phi) is 4.03. The highest BCUT2D eigenvalue weighted by atomic mass is 79.9. The molecule has 0 saturated carbocycles. The molecule has 0 spiro atoms. The third-order valence-corrected chi connectivity index (χ3v) is 3.96. The Balaban J connectivity index is 2.14. The van der Waals surface area contributed by atoms with Crippen molar-refractivity contribution in [2.75, 3.05) is 5.75 Å². The Labute approximate surface area is 117 Å². The first kappa shape index (κ1) is 13.1. The van der Waals surface area contributed by atoms with Crippen LogP contribution in [-0.4, -0.2) is 28.1 Å². The molecule has 2 N–H and O–H groups in total. The van der Waals surface area contributed by atoms with Crippen LogP contribution in [0.2, 0.25) is 0 Å². The number of aromatic hydroxyl groups is 1. The predicted molar refractivity (Wildman–Crippen MR) is 76.2 cm³/mol. The molecule has 1 aromatic carbocycles. The number of nitrogens with zero attached hydrogens (tertiary/aromatic N) is 2. The summed E-state index contributed by atoms with van der Waals surface area (Å²) < 4.78 is 0.887. The number of amidine groups is 1. The molecule has 94 valence electrons. The van der Waals surface area contributed by atoms with Crippen molar-refractivity contribution in [3.05, 3.63) is 27.7 Å². The topological polar surface area (TPSA) is 74.1 Å². The van der Waals surface area contributed by atoms with Gasteiger partial charge in [-0.2, -0.15) is 5.10 Å². The van der Waals surface area contributed by atoms with Crippen LogP contribution in [0.15, 0.2) is 26.8 Å². The molecule has 1 saturated heterocycles. The first-order chi connectivity index (χ1) is 8.56. The smallest absolute Gasteiger partial charge is 0.236 e. The summed E-state index contributed by atoms with van der Waals surface area (Å²) in [6.45, 7) is 1.88. The molecule has 0 bridgehead atoms. The minimum absolute atomic E-state index is 0.0742. The quantitative estimate of drug-likeness (QED) is 0.644. The molecule has 1 amide bonds. The molecule has 1 aliphatic heterocycles. The Hall–Kier alpha value is -1.34. The van der Waals surface area contributed by atoms with E-state index in [0.717, 1.165) is 10.0 Å². The highest BCUT2D eigenvalue weighted by molar-refractivity contribution is 9.10. The van der Waals surface area contributed by atoms with Crippen LogP contribution < -0.4 is 5.32 Å². The number of carbonyl (C=O) groups is 1. The van der Waals surface area contributed by atoms with E-state index in [9.17, 15) is 9.90 Å². The first-order valence-corrected chi connectivity index (χ1v) is 6.87. The van der Waals surface area contributed by atoms with Gasteiger partial charge in [-0.05, 0) is 24.6 Å². The number of carbonyl (C=O) groups excluding carboxylic acids is 1. The van der Waals surface area contributed by atoms with Gasteiger partial charge in [0.05, 0.1) is 12.0 Å². The summed E-state index contributed by atoms with van der Waals surface area (Å²) in [5.41, 5.74) is 1.50. The second-order valence-electron chi connectivity index (χ2n) is 3.65. The summed E-state index contributed by atoms with van der Waals surface area (Å²) in [7, 11) is 0. The zero-order valence-corrected chi connectivity index (χ0v) is 11.9. The Morgan fingerprint density at radius 2 is 2.33 bits per heavy atom. The lowest BCUT2D eigenvalue weighted by Crippen LogP contribution is -2.19. The number of nitrogens with one attached hydrogen (secondary N) is 1. The predicted octanol–water partition coefficient (Wildman–Crippen LogP) is 2.02. The van der Waals surface area contributed by atoms with Crippen LogP contribution in [0.3, 0.4) is 0 Å². The molecule has 1 aromatic rings. The van der Waals surface area contributed by atoms with Crippen molar-refractivity contribution in [1.29, 1.82) is 0 Å². The molecule has 0 atom stereocenters. The lowest BCUT2D eigenvalue weighted by molar-refractivity contribution is -0.116. The number of thioether (sulfide) groups is 1. The van der Waals surface area contributed by atoms with Crippen LogP contribution in [0.5, 0.6) is 5.75 Å². The third-order valence-electron chi connectivity index (χ3n) is 2.24. The van der Waals surface area contributed by atoms with Gasteiger partial charge in [-0.25, -0.2) is 0 Å². The first-order valence-electron chi connectivity index (χ1n) is 5.09. The summed E-state index contributed by atoms with van der Waals surface area (Å²) in [5, 5.41) is 20.4. The van der Waals surface area contributed by atoms with Gasteiger partial charge in [0, 0.05) is 10.0 Å². The van der Waals surface area contributed by atoms with Gasteiger partial charge >= 0.3 is 0 Å². The van der Waals surface area contributed by atoms with Crippen molar-refractivity contribution in [3.8, 4) is 5.75 Å². The van der Waals surface area contributed by atoms with E-state index >= 15 is 0 Å². The highest BCUT2D eigenvalue weighted by Crippen LogP contribution is 2.24. The van der Waals surface area contributed by atoms with Crippen molar-refractivity contribution >= 4 is 45.0 Å². The zero-order valence-electron chi connectivity index (χ0n) is 9.48. The van der Waals surface area contributed by atoms with E-state index in [1.165, 1.54) is 18.0 Å². The Morgan fingerprint density at radius 3 is 3.00 bits per heavy atom. The number of aryl methyl sites for hydroxylation is 1. The van der Waals surface area contributed by atoms with Crippen molar-refractivity contribution in [3.63, 3.8) is 0 Å². The van der Waals surface area contributed by atoms with Crippen LogP contribution in [0.4, 0.5) is 0 Å². The summed E-state index contributed by atoms with van der Waals surface area (Å²) in [6, 6.07) is 3.40. The molecule has 18 heavy (non-hydrogen) atoms. The SMILES string of the molecule is Cc1cc(O)c(C=NN=C2NC(=O)CS2)cc1Br. The fourth-order valence-corrected chi connectivity index (χ4v) is 2.30. The van der Waals surface area contributed by atoms with Crippen molar-refractivity contribution < 1.29 is 9.90 Å². The van der Waals surface area contributed by atoms with Gasteiger partial charge in [-0.3, -0.25) is 4.79 Å². The fourth-order valence-electron chi connectivity index (χ4n) is 1.31. The largest absolute Gasteiger partial charge is 0.507 e. The molecule has 0 radical (unpaired) electrons. The Bertz CT molecular complexity index is 557. The number of phenols is 1. The van der Waals surface area contributed by atoms with Crippen molar-refractivity contribution in [2.24, 2.45) is 10.2 Å². The third kappa shape index (κ3) is 3.11. The summed E-state index contributed by atoms with van der Waals surface area (Å²) in [6.07, 6.45) is 1.44. The van der Waals surface area contributed by atoms with E-state index in [2.05, 4.69) is 31.4 Å². The number of benzene rings is 1. The fraction of sp³-hybridized carbons (Fsp3) is 0.182. The van der Waals surface area contributed by atoms with Gasteiger partial charge in [-0.1, -0.05) is 27.7 Å². The van der Waals surface area contributed by atoms with Crippen LogP contribution in [0.1, 0.15) is 11.1 Å². The molecule has 2 rings (SSSR count).